The van der Waals surface area contributed by atoms with Crippen molar-refractivity contribution in [3.05, 3.63) is 96.1 Å². The Kier molecular flexibility index (Phi) is 9.58. The van der Waals surface area contributed by atoms with E-state index in [9.17, 15) is 0 Å². The van der Waals surface area contributed by atoms with Gasteiger partial charge in [-0.25, -0.2) is 44.9 Å². The highest BCUT2D eigenvalue weighted by molar-refractivity contribution is 5.78. The molecule has 0 fully saturated rings. The highest BCUT2D eigenvalue weighted by Gasteiger charge is 2.19. The Labute approximate surface area is 288 Å². The van der Waals surface area contributed by atoms with Gasteiger partial charge in [-0.2, -0.15) is 0 Å². The molecule has 10 nitrogen and oxygen atoms in total. The van der Waals surface area contributed by atoms with Crippen molar-refractivity contribution in [3.63, 3.8) is 0 Å². The summed E-state index contributed by atoms with van der Waals surface area (Å²) in [5, 5.41) is 0. The molecular formula is C39H42N10. The number of hydrogen-bond acceptors (Lipinski definition) is 10. The Bertz CT molecular complexity index is 2080. The highest BCUT2D eigenvalue weighted by atomic mass is 15.1. The lowest BCUT2D eigenvalue weighted by Gasteiger charge is -2.14. The number of aryl methyl sites for hydroxylation is 1. The Balaban J connectivity index is 1.52. The SMILES string of the molecule is Cc1nc(-c2cc(-c3ccncc3)cc(-c3nc(-c4cccc(-c5nc(C(C)C)nc(C(C)C)n5)c4)nc(C(C)C)n3)c2)nc(C(C)C)n1. The van der Waals surface area contributed by atoms with Crippen molar-refractivity contribution in [2.24, 2.45) is 0 Å². The van der Waals surface area contributed by atoms with Crippen LogP contribution in [0.5, 0.6) is 0 Å². The van der Waals surface area contributed by atoms with E-state index in [2.05, 4.69) is 83.6 Å². The first-order chi connectivity index (χ1) is 23.4. The third-order valence-electron chi connectivity index (χ3n) is 7.99. The van der Waals surface area contributed by atoms with Gasteiger partial charge in [0.05, 0.1) is 0 Å². The van der Waals surface area contributed by atoms with Gasteiger partial charge in [-0.15, -0.1) is 0 Å². The molecule has 0 bridgehead atoms. The van der Waals surface area contributed by atoms with Gasteiger partial charge in [-0.1, -0.05) is 73.6 Å². The molecule has 0 N–H and O–H groups in total. The molecule has 6 aromatic rings. The normalized spacial score (nSPS) is 11.7. The second-order valence-electron chi connectivity index (χ2n) is 13.5. The number of aromatic nitrogens is 10. The van der Waals surface area contributed by atoms with E-state index in [1.807, 2.05) is 43.3 Å². The molecule has 0 aliphatic heterocycles. The average molecular weight is 651 g/mol. The van der Waals surface area contributed by atoms with Gasteiger partial charge < -0.3 is 0 Å². The Morgan fingerprint density at radius 3 is 1.27 bits per heavy atom. The van der Waals surface area contributed by atoms with Gasteiger partial charge in [0, 0.05) is 58.3 Å². The van der Waals surface area contributed by atoms with E-state index in [0.717, 1.165) is 50.9 Å². The fourth-order valence-electron chi connectivity index (χ4n) is 5.25. The molecule has 0 aliphatic carbocycles. The number of pyridine rings is 1. The summed E-state index contributed by atoms with van der Waals surface area (Å²) in [7, 11) is 0. The van der Waals surface area contributed by atoms with Gasteiger partial charge in [0.15, 0.2) is 23.3 Å². The summed E-state index contributed by atoms with van der Waals surface area (Å²) >= 11 is 0. The molecule has 0 unspecified atom stereocenters. The maximum Gasteiger partial charge on any atom is 0.163 e. The largest absolute Gasteiger partial charge is 0.265 e. The zero-order valence-electron chi connectivity index (χ0n) is 29.6. The Morgan fingerprint density at radius 2 is 0.755 bits per heavy atom. The van der Waals surface area contributed by atoms with Crippen LogP contribution in [-0.4, -0.2) is 49.8 Å². The van der Waals surface area contributed by atoms with E-state index in [4.69, 9.17) is 39.9 Å². The van der Waals surface area contributed by atoms with Gasteiger partial charge in [0.25, 0.3) is 0 Å². The van der Waals surface area contributed by atoms with Crippen LogP contribution in [0.3, 0.4) is 0 Å². The summed E-state index contributed by atoms with van der Waals surface area (Å²) in [6.07, 6.45) is 3.58. The van der Waals surface area contributed by atoms with Crippen molar-refractivity contribution in [2.75, 3.05) is 0 Å². The van der Waals surface area contributed by atoms with Crippen LogP contribution in [-0.2, 0) is 0 Å². The molecule has 0 saturated heterocycles. The first-order valence-electron chi connectivity index (χ1n) is 16.9. The van der Waals surface area contributed by atoms with Crippen LogP contribution in [0.4, 0.5) is 0 Å². The van der Waals surface area contributed by atoms with Crippen molar-refractivity contribution in [1.82, 2.24) is 49.8 Å². The molecule has 10 heteroatoms. The van der Waals surface area contributed by atoms with Crippen LogP contribution >= 0.6 is 0 Å². The van der Waals surface area contributed by atoms with E-state index >= 15 is 0 Å². The van der Waals surface area contributed by atoms with Gasteiger partial charge in [-0.3, -0.25) is 4.98 Å². The van der Waals surface area contributed by atoms with Crippen molar-refractivity contribution >= 4 is 0 Å². The third-order valence-corrected chi connectivity index (χ3v) is 7.99. The van der Waals surface area contributed by atoms with Gasteiger partial charge in [0.2, 0.25) is 0 Å². The molecule has 248 valence electrons. The molecule has 0 aliphatic rings. The molecule has 0 spiro atoms. The van der Waals surface area contributed by atoms with Crippen LogP contribution in [0.15, 0.2) is 67.0 Å². The molecular weight excluding hydrogens is 608 g/mol. The lowest BCUT2D eigenvalue weighted by molar-refractivity contribution is 0.697. The summed E-state index contributed by atoms with van der Waals surface area (Å²) < 4.78 is 0. The van der Waals surface area contributed by atoms with Crippen LogP contribution in [0.25, 0.3) is 56.7 Å². The minimum atomic E-state index is 0.0667. The zero-order chi connectivity index (χ0) is 34.8. The van der Waals surface area contributed by atoms with E-state index in [1.165, 1.54) is 0 Å². The number of nitrogens with zero attached hydrogens (tertiary/aromatic N) is 10. The summed E-state index contributed by atoms with van der Waals surface area (Å²) in [6.45, 7) is 18.6. The monoisotopic (exact) mass is 650 g/mol. The first kappa shape index (κ1) is 33.5. The second-order valence-corrected chi connectivity index (χ2v) is 13.5. The van der Waals surface area contributed by atoms with Gasteiger partial charge >= 0.3 is 0 Å². The smallest absolute Gasteiger partial charge is 0.163 e. The highest BCUT2D eigenvalue weighted by Crippen LogP contribution is 2.33. The standard InChI is InChI=1S/C39H42N10/c1-21(2)32-41-25(9)42-38(44-32)30-18-29(26-13-15-40-16-14-26)19-31(20-30)39-48-35(24(7)8)47-37(49-39)28-12-10-11-27(17-28)36-45-33(22(3)4)43-34(46-36)23(5)6/h10-24H,1-9H3. The number of rotatable bonds is 9. The van der Waals surface area contributed by atoms with E-state index in [1.54, 1.807) is 12.4 Å². The van der Waals surface area contributed by atoms with E-state index < -0.39 is 0 Å². The second kappa shape index (κ2) is 14.0. The molecule has 0 amide bonds. The molecule has 0 atom stereocenters. The van der Waals surface area contributed by atoms with Crippen LogP contribution in [0.1, 0.15) is 108 Å². The predicted octanol–water partition coefficient (Wildman–Crippen LogP) is 8.77. The molecule has 0 radical (unpaired) electrons. The van der Waals surface area contributed by atoms with Crippen molar-refractivity contribution in [3.8, 4) is 56.7 Å². The van der Waals surface area contributed by atoms with Gasteiger partial charge in [-0.05, 0) is 54.4 Å². The summed E-state index contributed by atoms with van der Waals surface area (Å²) in [5.41, 5.74) is 5.40. The fourth-order valence-corrected chi connectivity index (χ4v) is 5.25. The number of hydrogen-bond donors (Lipinski definition) is 0. The van der Waals surface area contributed by atoms with Crippen LogP contribution in [0, 0.1) is 6.92 Å². The van der Waals surface area contributed by atoms with Crippen molar-refractivity contribution in [1.29, 1.82) is 0 Å². The quantitative estimate of drug-likeness (QED) is 0.150. The summed E-state index contributed by atoms with van der Waals surface area (Å²) in [5.74, 6) is 6.65. The minimum Gasteiger partial charge on any atom is -0.265 e. The molecule has 49 heavy (non-hydrogen) atoms. The summed E-state index contributed by atoms with van der Waals surface area (Å²) in [4.78, 5) is 47.8. The maximum absolute atomic E-state index is 5.07. The van der Waals surface area contributed by atoms with E-state index in [-0.39, 0.29) is 23.7 Å². The average Bonchev–Trinajstić information content (AvgIpc) is 3.11. The lowest BCUT2D eigenvalue weighted by atomic mass is 9.99. The third kappa shape index (κ3) is 7.53. The molecule has 4 heterocycles. The van der Waals surface area contributed by atoms with Crippen LogP contribution in [0.2, 0.25) is 0 Å². The Hall–Kier alpha value is -5.38. The van der Waals surface area contributed by atoms with Gasteiger partial charge in [0.1, 0.15) is 29.1 Å². The molecule has 6 rings (SSSR count). The maximum atomic E-state index is 5.07. The minimum absolute atomic E-state index is 0.0667. The van der Waals surface area contributed by atoms with Crippen LogP contribution < -0.4 is 0 Å². The predicted molar refractivity (Wildman–Crippen MR) is 193 cm³/mol. The van der Waals surface area contributed by atoms with E-state index in [0.29, 0.717) is 34.9 Å². The first-order valence-corrected chi connectivity index (χ1v) is 16.9. The Morgan fingerprint density at radius 1 is 0.367 bits per heavy atom. The molecule has 4 aromatic heterocycles. The van der Waals surface area contributed by atoms with Crippen molar-refractivity contribution in [2.45, 2.75) is 86.0 Å². The molecule has 2 aromatic carbocycles. The topological polar surface area (TPSA) is 129 Å². The lowest BCUT2D eigenvalue weighted by Crippen LogP contribution is -2.08. The summed E-state index contributed by atoms with van der Waals surface area (Å²) in [6, 6.07) is 18.3. The number of benzene rings is 2. The van der Waals surface area contributed by atoms with Crippen molar-refractivity contribution < 1.29 is 0 Å². The molecule has 0 saturated carbocycles. The fraction of sp³-hybridized carbons (Fsp3) is 0.333. The zero-order valence-corrected chi connectivity index (χ0v) is 29.6.